The van der Waals surface area contributed by atoms with E-state index < -0.39 is 9.84 Å². The van der Waals surface area contributed by atoms with Gasteiger partial charge in [0.1, 0.15) is 0 Å². The van der Waals surface area contributed by atoms with Gasteiger partial charge in [0.2, 0.25) is 5.91 Å². The lowest BCUT2D eigenvalue weighted by molar-refractivity contribution is -0.123. The second-order valence-electron chi connectivity index (χ2n) is 7.63. The predicted octanol–water partition coefficient (Wildman–Crippen LogP) is 0.963. The summed E-state index contributed by atoms with van der Waals surface area (Å²) in [5.41, 5.74) is 0.0689. The fourth-order valence-electron chi connectivity index (χ4n) is 4.48. The molecule has 0 aromatic carbocycles. The number of nitrogens with one attached hydrogen (secondary N) is 1. The van der Waals surface area contributed by atoms with Crippen LogP contribution in [0.4, 0.5) is 0 Å². The van der Waals surface area contributed by atoms with Crippen LogP contribution in [0.1, 0.15) is 44.9 Å². The molecule has 2 heterocycles. The number of rotatable bonds is 5. The van der Waals surface area contributed by atoms with Crippen molar-refractivity contribution in [2.45, 2.75) is 50.5 Å². The van der Waals surface area contributed by atoms with Crippen LogP contribution in [0.3, 0.4) is 0 Å². The Bertz CT molecular complexity index is 537. The van der Waals surface area contributed by atoms with Crippen molar-refractivity contribution in [1.29, 1.82) is 0 Å². The first kappa shape index (κ1) is 18.1. The summed E-state index contributed by atoms with van der Waals surface area (Å²) in [5, 5.41) is 3.13. The molecular weight excluding hydrogens is 328 g/mol. The fourth-order valence-corrected chi connectivity index (χ4v) is 6.34. The van der Waals surface area contributed by atoms with Crippen molar-refractivity contribution in [3.8, 4) is 0 Å². The maximum atomic E-state index is 12.3. The number of ether oxygens (including phenoxy) is 1. The molecule has 6 nitrogen and oxygen atoms in total. The summed E-state index contributed by atoms with van der Waals surface area (Å²) in [7, 11) is -2.91. The molecule has 0 bridgehead atoms. The highest BCUT2D eigenvalue weighted by Gasteiger charge is 2.39. The van der Waals surface area contributed by atoms with E-state index in [4.69, 9.17) is 4.74 Å². The van der Waals surface area contributed by atoms with E-state index in [2.05, 4.69) is 10.2 Å². The fraction of sp³-hybridized carbons (Fsp3) is 0.941. The first-order chi connectivity index (χ1) is 11.5. The summed E-state index contributed by atoms with van der Waals surface area (Å²) in [4.78, 5) is 14.8. The molecule has 0 aromatic rings. The summed E-state index contributed by atoms with van der Waals surface area (Å²) >= 11 is 0. The van der Waals surface area contributed by atoms with Crippen molar-refractivity contribution in [1.82, 2.24) is 10.2 Å². The molecular formula is C17H30N2O4S. The van der Waals surface area contributed by atoms with Crippen LogP contribution in [0.5, 0.6) is 0 Å². The van der Waals surface area contributed by atoms with Gasteiger partial charge in [-0.15, -0.1) is 0 Å². The van der Waals surface area contributed by atoms with E-state index in [1.165, 1.54) is 19.3 Å². The first-order valence-corrected chi connectivity index (χ1v) is 11.1. The largest absolute Gasteiger partial charge is 0.379 e. The molecule has 1 saturated carbocycles. The van der Waals surface area contributed by atoms with Gasteiger partial charge in [-0.05, 0) is 25.2 Å². The zero-order chi connectivity index (χ0) is 17.0. The van der Waals surface area contributed by atoms with Crippen molar-refractivity contribution in [2.75, 3.05) is 44.4 Å². The molecule has 0 spiro atoms. The third kappa shape index (κ3) is 4.49. The second-order valence-corrected chi connectivity index (χ2v) is 9.86. The lowest BCUT2D eigenvalue weighted by atomic mass is 9.79. The van der Waals surface area contributed by atoms with Crippen LogP contribution in [-0.4, -0.2) is 69.1 Å². The molecule has 2 saturated heterocycles. The highest BCUT2D eigenvalue weighted by atomic mass is 32.2. The molecule has 7 heteroatoms. The van der Waals surface area contributed by atoms with Gasteiger partial charge < -0.3 is 10.1 Å². The second kappa shape index (κ2) is 7.70. The van der Waals surface area contributed by atoms with E-state index >= 15 is 0 Å². The molecule has 2 aliphatic heterocycles. The van der Waals surface area contributed by atoms with E-state index in [-0.39, 0.29) is 28.9 Å². The number of morpholine rings is 1. The molecule has 1 amide bonds. The summed E-state index contributed by atoms with van der Waals surface area (Å²) < 4.78 is 28.6. The Hall–Kier alpha value is -0.660. The average molecular weight is 359 g/mol. The summed E-state index contributed by atoms with van der Waals surface area (Å²) in [6, 6.07) is 0. The van der Waals surface area contributed by atoms with Crippen molar-refractivity contribution in [3.05, 3.63) is 0 Å². The molecule has 3 rings (SSSR count). The molecule has 1 atom stereocenters. The van der Waals surface area contributed by atoms with Gasteiger partial charge in [0.05, 0.1) is 24.7 Å². The zero-order valence-electron chi connectivity index (χ0n) is 14.5. The van der Waals surface area contributed by atoms with E-state index in [0.717, 1.165) is 39.1 Å². The minimum atomic E-state index is -2.91. The highest BCUT2D eigenvalue weighted by molar-refractivity contribution is 7.91. The molecule has 138 valence electrons. The van der Waals surface area contributed by atoms with Crippen LogP contribution in [0.25, 0.3) is 0 Å². The monoisotopic (exact) mass is 358 g/mol. The van der Waals surface area contributed by atoms with E-state index in [1.54, 1.807) is 0 Å². The van der Waals surface area contributed by atoms with Gasteiger partial charge in [0.25, 0.3) is 0 Å². The Labute approximate surface area is 145 Å². The van der Waals surface area contributed by atoms with E-state index in [9.17, 15) is 13.2 Å². The van der Waals surface area contributed by atoms with Crippen LogP contribution >= 0.6 is 0 Å². The number of carbonyl (C=O) groups excluding carboxylic acids is 1. The smallest absolute Gasteiger partial charge is 0.220 e. The normalized spacial score (nSPS) is 30.1. The molecule has 0 radical (unpaired) electrons. The summed E-state index contributed by atoms with van der Waals surface area (Å²) in [6.07, 6.45) is 6.95. The number of hydrogen-bond donors (Lipinski definition) is 1. The van der Waals surface area contributed by atoms with Crippen molar-refractivity contribution >= 4 is 15.7 Å². The Kier molecular flexibility index (Phi) is 5.82. The van der Waals surface area contributed by atoms with Crippen LogP contribution in [-0.2, 0) is 19.4 Å². The lowest BCUT2D eigenvalue weighted by Gasteiger charge is -2.48. The quantitative estimate of drug-likeness (QED) is 0.792. The van der Waals surface area contributed by atoms with E-state index in [0.29, 0.717) is 19.4 Å². The predicted molar refractivity (Wildman–Crippen MR) is 92.6 cm³/mol. The Morgan fingerprint density at radius 3 is 2.50 bits per heavy atom. The first-order valence-electron chi connectivity index (χ1n) is 9.29. The molecule has 3 aliphatic rings. The standard InChI is InChI=1S/C17H30N2O4S/c20-16(12-15-4-11-24(21,22)13-15)18-14-17(5-2-1-3-6-17)19-7-9-23-10-8-19/h15H,1-14H2,(H,18,20). The SMILES string of the molecule is O=C(CC1CCS(=O)(=O)C1)NCC1(N2CCOCC2)CCCCC1. The van der Waals surface area contributed by atoms with Crippen LogP contribution < -0.4 is 5.32 Å². The summed E-state index contributed by atoms with van der Waals surface area (Å²) in [6.45, 7) is 4.12. The van der Waals surface area contributed by atoms with Crippen molar-refractivity contribution in [3.63, 3.8) is 0 Å². The minimum Gasteiger partial charge on any atom is -0.379 e. The number of amides is 1. The third-order valence-electron chi connectivity index (χ3n) is 5.88. The number of hydrogen-bond acceptors (Lipinski definition) is 5. The number of carbonyl (C=O) groups is 1. The molecule has 0 aromatic heterocycles. The number of nitrogens with zero attached hydrogens (tertiary/aromatic N) is 1. The molecule has 24 heavy (non-hydrogen) atoms. The zero-order valence-corrected chi connectivity index (χ0v) is 15.3. The van der Waals surface area contributed by atoms with Gasteiger partial charge >= 0.3 is 0 Å². The Morgan fingerprint density at radius 1 is 1.17 bits per heavy atom. The highest BCUT2D eigenvalue weighted by Crippen LogP contribution is 2.34. The van der Waals surface area contributed by atoms with Crippen LogP contribution in [0, 0.1) is 5.92 Å². The molecule has 1 aliphatic carbocycles. The van der Waals surface area contributed by atoms with Crippen molar-refractivity contribution in [2.24, 2.45) is 5.92 Å². The van der Waals surface area contributed by atoms with Gasteiger partial charge in [0.15, 0.2) is 9.84 Å². The van der Waals surface area contributed by atoms with Crippen LogP contribution in [0.15, 0.2) is 0 Å². The Morgan fingerprint density at radius 2 is 1.88 bits per heavy atom. The third-order valence-corrected chi connectivity index (χ3v) is 7.72. The van der Waals surface area contributed by atoms with E-state index in [1.807, 2.05) is 0 Å². The van der Waals surface area contributed by atoms with Crippen molar-refractivity contribution < 1.29 is 17.9 Å². The lowest BCUT2D eigenvalue weighted by Crippen LogP contribution is -2.59. The van der Waals surface area contributed by atoms with Gasteiger partial charge in [0, 0.05) is 31.6 Å². The molecule has 3 fully saturated rings. The summed E-state index contributed by atoms with van der Waals surface area (Å²) in [5.74, 6) is 0.425. The van der Waals surface area contributed by atoms with Gasteiger partial charge in [-0.25, -0.2) is 8.42 Å². The molecule has 1 unspecified atom stereocenters. The number of sulfone groups is 1. The maximum absolute atomic E-state index is 12.3. The Balaban J connectivity index is 1.54. The van der Waals surface area contributed by atoms with Gasteiger partial charge in [-0.2, -0.15) is 0 Å². The maximum Gasteiger partial charge on any atom is 0.220 e. The van der Waals surface area contributed by atoms with Gasteiger partial charge in [-0.3, -0.25) is 9.69 Å². The molecule has 1 N–H and O–H groups in total. The average Bonchev–Trinajstić information content (AvgIpc) is 2.93. The van der Waals surface area contributed by atoms with Gasteiger partial charge in [-0.1, -0.05) is 19.3 Å². The minimum absolute atomic E-state index is 0.000641. The van der Waals surface area contributed by atoms with Crippen LogP contribution in [0.2, 0.25) is 0 Å². The topological polar surface area (TPSA) is 75.7 Å².